The third-order valence-electron chi connectivity index (χ3n) is 4.57. The number of benzene rings is 2. The van der Waals surface area contributed by atoms with Crippen LogP contribution in [-0.4, -0.2) is 56.8 Å². The summed E-state index contributed by atoms with van der Waals surface area (Å²) in [6, 6.07) is 12.5. The first-order chi connectivity index (χ1) is 14.1. The van der Waals surface area contributed by atoms with Gasteiger partial charge < -0.3 is 23.8 Å². The molecule has 0 atom stereocenters. The maximum absolute atomic E-state index is 12.4. The maximum atomic E-state index is 12.4. The zero-order valence-corrected chi connectivity index (χ0v) is 16.7. The molecule has 0 N–H and O–H groups in total. The highest BCUT2D eigenvalue weighted by molar-refractivity contribution is 5.90. The number of morpholine rings is 1. The van der Waals surface area contributed by atoms with Crippen LogP contribution in [0.4, 0.5) is 0 Å². The van der Waals surface area contributed by atoms with Crippen LogP contribution >= 0.6 is 0 Å². The zero-order valence-electron chi connectivity index (χ0n) is 16.7. The van der Waals surface area contributed by atoms with E-state index in [1.54, 1.807) is 23.1 Å². The molecule has 1 heterocycles. The third-order valence-corrected chi connectivity index (χ3v) is 4.57. The standard InChI is InChI=1S/C22H25NO6/c1-16-4-3-5-17(12-16)14-29-22(25)18-6-7-19(20(13-18)26-2)28-15-21(24)23-8-10-27-11-9-23/h3-7,12-13H,8-11,14-15H2,1-2H3. The normalized spacial score (nSPS) is 13.7. The SMILES string of the molecule is COc1cc(C(=O)OCc2cccc(C)c2)ccc1OCC(=O)N1CCOCC1. The number of aryl methyl sites for hydroxylation is 1. The lowest BCUT2D eigenvalue weighted by atomic mass is 10.1. The number of methoxy groups -OCH3 is 1. The van der Waals surface area contributed by atoms with Crippen LogP contribution in [0, 0.1) is 6.92 Å². The van der Waals surface area contributed by atoms with Crippen molar-refractivity contribution in [2.45, 2.75) is 13.5 Å². The van der Waals surface area contributed by atoms with E-state index in [0.717, 1.165) is 11.1 Å². The minimum Gasteiger partial charge on any atom is -0.493 e. The molecule has 1 saturated heterocycles. The predicted octanol–water partition coefficient (Wildman–Crippen LogP) is 2.60. The number of carbonyl (C=O) groups is 2. The largest absolute Gasteiger partial charge is 0.493 e. The second kappa shape index (κ2) is 9.93. The lowest BCUT2D eigenvalue weighted by Crippen LogP contribution is -2.43. The Hall–Kier alpha value is -3.06. The lowest BCUT2D eigenvalue weighted by molar-refractivity contribution is -0.137. The predicted molar refractivity (Wildman–Crippen MR) is 106 cm³/mol. The number of hydrogen-bond acceptors (Lipinski definition) is 6. The highest BCUT2D eigenvalue weighted by Gasteiger charge is 2.19. The van der Waals surface area contributed by atoms with Crippen molar-refractivity contribution in [3.8, 4) is 11.5 Å². The van der Waals surface area contributed by atoms with Crippen molar-refractivity contribution in [2.75, 3.05) is 40.0 Å². The van der Waals surface area contributed by atoms with Gasteiger partial charge in [0.15, 0.2) is 18.1 Å². The van der Waals surface area contributed by atoms with Gasteiger partial charge in [0.05, 0.1) is 25.9 Å². The first kappa shape index (κ1) is 20.7. The van der Waals surface area contributed by atoms with Gasteiger partial charge in [0.1, 0.15) is 6.61 Å². The molecule has 1 amide bonds. The molecule has 1 aliphatic rings. The molecule has 3 rings (SSSR count). The molecule has 0 aromatic heterocycles. The fourth-order valence-corrected chi connectivity index (χ4v) is 2.99. The smallest absolute Gasteiger partial charge is 0.338 e. The summed E-state index contributed by atoms with van der Waals surface area (Å²) in [4.78, 5) is 26.3. The molecule has 0 saturated carbocycles. The molecular weight excluding hydrogens is 374 g/mol. The summed E-state index contributed by atoms with van der Waals surface area (Å²) >= 11 is 0. The van der Waals surface area contributed by atoms with Crippen LogP contribution in [-0.2, 0) is 20.9 Å². The zero-order chi connectivity index (χ0) is 20.6. The summed E-state index contributed by atoms with van der Waals surface area (Å²) in [6.45, 7) is 4.26. The van der Waals surface area contributed by atoms with Crippen LogP contribution in [0.25, 0.3) is 0 Å². The van der Waals surface area contributed by atoms with Crippen molar-refractivity contribution in [1.29, 1.82) is 0 Å². The van der Waals surface area contributed by atoms with Crippen LogP contribution in [0.2, 0.25) is 0 Å². The molecule has 2 aromatic carbocycles. The minimum atomic E-state index is -0.458. The van der Waals surface area contributed by atoms with Crippen LogP contribution in [0.3, 0.4) is 0 Å². The van der Waals surface area contributed by atoms with E-state index in [4.69, 9.17) is 18.9 Å². The fraction of sp³-hybridized carbons (Fsp3) is 0.364. The Labute approximate surface area is 170 Å². The van der Waals surface area contributed by atoms with Crippen LogP contribution in [0.1, 0.15) is 21.5 Å². The van der Waals surface area contributed by atoms with Gasteiger partial charge in [0.25, 0.3) is 5.91 Å². The summed E-state index contributed by atoms with van der Waals surface area (Å²) < 4.78 is 21.5. The van der Waals surface area contributed by atoms with E-state index in [9.17, 15) is 9.59 Å². The van der Waals surface area contributed by atoms with Crippen molar-refractivity contribution < 1.29 is 28.5 Å². The lowest BCUT2D eigenvalue weighted by Gasteiger charge is -2.26. The van der Waals surface area contributed by atoms with E-state index in [0.29, 0.717) is 43.4 Å². The Morgan fingerprint density at radius 3 is 2.59 bits per heavy atom. The molecular formula is C22H25NO6. The Kier molecular flexibility index (Phi) is 7.08. The van der Waals surface area contributed by atoms with Crippen molar-refractivity contribution in [1.82, 2.24) is 4.90 Å². The van der Waals surface area contributed by atoms with Crippen molar-refractivity contribution >= 4 is 11.9 Å². The van der Waals surface area contributed by atoms with Crippen LogP contribution in [0.5, 0.6) is 11.5 Å². The van der Waals surface area contributed by atoms with Gasteiger partial charge in [-0.15, -0.1) is 0 Å². The number of ether oxygens (including phenoxy) is 4. The molecule has 0 aliphatic carbocycles. The summed E-state index contributed by atoms with van der Waals surface area (Å²) in [5.74, 6) is 0.187. The Balaban J connectivity index is 1.58. The second-order valence-electron chi connectivity index (χ2n) is 6.71. The van der Waals surface area contributed by atoms with E-state index < -0.39 is 5.97 Å². The number of nitrogens with zero attached hydrogens (tertiary/aromatic N) is 1. The minimum absolute atomic E-state index is 0.104. The monoisotopic (exact) mass is 399 g/mol. The summed E-state index contributed by atoms with van der Waals surface area (Å²) in [5, 5.41) is 0. The highest BCUT2D eigenvalue weighted by Crippen LogP contribution is 2.28. The molecule has 29 heavy (non-hydrogen) atoms. The van der Waals surface area contributed by atoms with Gasteiger partial charge in [-0.3, -0.25) is 4.79 Å². The number of carbonyl (C=O) groups excluding carboxylic acids is 2. The topological polar surface area (TPSA) is 74.3 Å². The molecule has 0 unspecified atom stereocenters. The molecule has 154 valence electrons. The number of amides is 1. The molecule has 0 spiro atoms. The van der Waals surface area contributed by atoms with Gasteiger partial charge in [-0.1, -0.05) is 29.8 Å². The van der Waals surface area contributed by atoms with E-state index in [-0.39, 0.29) is 19.1 Å². The average molecular weight is 399 g/mol. The molecule has 0 bridgehead atoms. The second-order valence-corrected chi connectivity index (χ2v) is 6.71. The fourth-order valence-electron chi connectivity index (χ4n) is 2.99. The Morgan fingerprint density at radius 2 is 1.86 bits per heavy atom. The van der Waals surface area contributed by atoms with E-state index in [1.807, 2.05) is 31.2 Å². The third kappa shape index (κ3) is 5.71. The Morgan fingerprint density at radius 1 is 1.07 bits per heavy atom. The molecule has 7 nitrogen and oxygen atoms in total. The van der Waals surface area contributed by atoms with E-state index in [1.165, 1.54) is 7.11 Å². The molecule has 2 aromatic rings. The van der Waals surface area contributed by atoms with Gasteiger partial charge in [-0.25, -0.2) is 4.79 Å². The summed E-state index contributed by atoms with van der Waals surface area (Å²) in [5.41, 5.74) is 2.38. The highest BCUT2D eigenvalue weighted by atomic mass is 16.5. The van der Waals surface area contributed by atoms with Gasteiger partial charge in [-0.05, 0) is 30.7 Å². The molecule has 0 radical (unpaired) electrons. The van der Waals surface area contributed by atoms with Crippen LogP contribution in [0.15, 0.2) is 42.5 Å². The number of esters is 1. The van der Waals surface area contributed by atoms with Crippen molar-refractivity contribution in [3.63, 3.8) is 0 Å². The average Bonchev–Trinajstić information content (AvgIpc) is 2.76. The van der Waals surface area contributed by atoms with Crippen LogP contribution < -0.4 is 9.47 Å². The van der Waals surface area contributed by atoms with Gasteiger partial charge in [-0.2, -0.15) is 0 Å². The first-order valence-corrected chi connectivity index (χ1v) is 9.46. The van der Waals surface area contributed by atoms with Gasteiger partial charge >= 0.3 is 5.97 Å². The Bertz CT molecular complexity index is 860. The van der Waals surface area contributed by atoms with E-state index >= 15 is 0 Å². The maximum Gasteiger partial charge on any atom is 0.338 e. The van der Waals surface area contributed by atoms with Crippen molar-refractivity contribution in [2.24, 2.45) is 0 Å². The molecule has 1 aliphatic heterocycles. The number of rotatable bonds is 7. The first-order valence-electron chi connectivity index (χ1n) is 9.46. The van der Waals surface area contributed by atoms with Gasteiger partial charge in [0.2, 0.25) is 0 Å². The van der Waals surface area contributed by atoms with Gasteiger partial charge in [0, 0.05) is 13.1 Å². The number of hydrogen-bond donors (Lipinski definition) is 0. The van der Waals surface area contributed by atoms with E-state index in [2.05, 4.69) is 0 Å². The molecule has 1 fully saturated rings. The quantitative estimate of drug-likeness (QED) is 0.667. The summed E-state index contributed by atoms with van der Waals surface area (Å²) in [7, 11) is 1.48. The summed E-state index contributed by atoms with van der Waals surface area (Å²) in [6.07, 6.45) is 0. The molecule has 7 heteroatoms. The van der Waals surface area contributed by atoms with Crippen molar-refractivity contribution in [3.05, 3.63) is 59.2 Å².